The number of pyridine rings is 1. The van der Waals surface area contributed by atoms with Crippen molar-refractivity contribution in [3.05, 3.63) is 92.8 Å². The Hall–Kier alpha value is -3.98. The number of hydrazone groups is 1. The molecule has 0 aliphatic rings. The third kappa shape index (κ3) is 5.77. The van der Waals surface area contributed by atoms with E-state index in [1.165, 1.54) is 37.7 Å². The number of non-ortho nitro benzene ring substituents is 1. The summed E-state index contributed by atoms with van der Waals surface area (Å²) in [6, 6.07) is 14.4. The minimum atomic E-state index is -0.488. The molecule has 0 spiro atoms. The van der Waals surface area contributed by atoms with Crippen LogP contribution in [0.1, 0.15) is 21.5 Å². The molecule has 1 aromatic heterocycles. The van der Waals surface area contributed by atoms with Crippen LogP contribution in [0, 0.1) is 10.1 Å². The van der Waals surface area contributed by atoms with Crippen molar-refractivity contribution < 1.29 is 19.2 Å². The van der Waals surface area contributed by atoms with Crippen LogP contribution in [-0.2, 0) is 6.61 Å². The van der Waals surface area contributed by atoms with Crippen LogP contribution >= 0.6 is 11.6 Å². The molecule has 31 heavy (non-hydrogen) atoms. The highest BCUT2D eigenvalue weighted by Gasteiger charge is 2.10. The van der Waals surface area contributed by atoms with Gasteiger partial charge < -0.3 is 9.47 Å². The van der Waals surface area contributed by atoms with Crippen molar-refractivity contribution in [1.29, 1.82) is 0 Å². The van der Waals surface area contributed by atoms with Crippen LogP contribution in [0.3, 0.4) is 0 Å². The molecular weight excluding hydrogens is 424 g/mol. The number of hydrogen-bond acceptors (Lipinski definition) is 7. The second kappa shape index (κ2) is 10.2. The molecule has 1 N–H and O–H groups in total. The van der Waals surface area contributed by atoms with E-state index in [9.17, 15) is 14.9 Å². The molecule has 9 nitrogen and oxygen atoms in total. The Kier molecular flexibility index (Phi) is 7.13. The van der Waals surface area contributed by atoms with Crippen molar-refractivity contribution in [2.75, 3.05) is 7.11 Å². The van der Waals surface area contributed by atoms with Gasteiger partial charge in [0.15, 0.2) is 11.5 Å². The average molecular weight is 441 g/mol. The normalized spacial score (nSPS) is 10.6. The number of nitrogens with one attached hydrogen (secondary N) is 1. The van der Waals surface area contributed by atoms with E-state index in [1.54, 1.807) is 36.4 Å². The van der Waals surface area contributed by atoms with E-state index < -0.39 is 10.8 Å². The second-order valence-electron chi connectivity index (χ2n) is 6.17. The molecule has 0 radical (unpaired) electrons. The Morgan fingerprint density at radius 1 is 1.23 bits per heavy atom. The van der Waals surface area contributed by atoms with Gasteiger partial charge in [0.1, 0.15) is 11.8 Å². The standard InChI is InChI=1S/C21H17ClN4O5/c1-30-19-11-14(12-24-25-21(27)17-6-3-9-23-20(17)22)7-8-18(19)31-13-15-4-2-5-16(10-15)26(28)29/h2-12H,13H2,1H3,(H,25,27). The minimum Gasteiger partial charge on any atom is -0.493 e. The summed E-state index contributed by atoms with van der Waals surface area (Å²) in [7, 11) is 1.49. The smallest absolute Gasteiger partial charge is 0.274 e. The molecule has 1 heterocycles. The van der Waals surface area contributed by atoms with Crippen LogP contribution in [0.2, 0.25) is 5.15 Å². The van der Waals surface area contributed by atoms with E-state index in [2.05, 4.69) is 15.5 Å². The van der Waals surface area contributed by atoms with Gasteiger partial charge in [0.2, 0.25) is 0 Å². The fourth-order valence-electron chi connectivity index (χ4n) is 2.59. The molecule has 0 fully saturated rings. The summed E-state index contributed by atoms with van der Waals surface area (Å²) < 4.78 is 11.1. The van der Waals surface area contributed by atoms with Crippen molar-refractivity contribution in [3.8, 4) is 11.5 Å². The van der Waals surface area contributed by atoms with Gasteiger partial charge in [0.05, 0.1) is 23.8 Å². The Bertz CT molecular complexity index is 1140. The van der Waals surface area contributed by atoms with Gasteiger partial charge in [-0.2, -0.15) is 5.10 Å². The minimum absolute atomic E-state index is 0.00533. The fraction of sp³-hybridized carbons (Fsp3) is 0.0952. The van der Waals surface area contributed by atoms with Gasteiger partial charge in [0.25, 0.3) is 11.6 Å². The lowest BCUT2D eigenvalue weighted by atomic mass is 10.2. The van der Waals surface area contributed by atoms with Crippen LogP contribution < -0.4 is 14.9 Å². The molecule has 2 aromatic carbocycles. The van der Waals surface area contributed by atoms with E-state index in [-0.39, 0.29) is 23.0 Å². The number of halogens is 1. The van der Waals surface area contributed by atoms with Crippen molar-refractivity contribution in [2.45, 2.75) is 6.61 Å². The largest absolute Gasteiger partial charge is 0.493 e. The number of benzene rings is 2. The highest BCUT2D eigenvalue weighted by Crippen LogP contribution is 2.28. The summed E-state index contributed by atoms with van der Waals surface area (Å²) in [6.07, 6.45) is 2.92. The molecule has 0 atom stereocenters. The number of nitro benzene ring substituents is 1. The number of carbonyl (C=O) groups excluding carboxylic acids is 1. The summed E-state index contributed by atoms with van der Waals surface area (Å²) in [4.78, 5) is 26.4. The van der Waals surface area contributed by atoms with Gasteiger partial charge in [-0.3, -0.25) is 14.9 Å². The fourth-order valence-corrected chi connectivity index (χ4v) is 2.79. The van der Waals surface area contributed by atoms with E-state index in [0.29, 0.717) is 22.6 Å². The summed E-state index contributed by atoms with van der Waals surface area (Å²) in [5.41, 5.74) is 3.89. The average Bonchev–Trinajstić information content (AvgIpc) is 2.78. The van der Waals surface area contributed by atoms with Crippen LogP contribution in [-0.4, -0.2) is 29.1 Å². The maximum Gasteiger partial charge on any atom is 0.274 e. The number of aromatic nitrogens is 1. The number of amides is 1. The molecule has 1 amide bonds. The summed E-state index contributed by atoms with van der Waals surface area (Å²) in [6.45, 7) is 0.132. The first-order valence-corrected chi connectivity index (χ1v) is 9.34. The van der Waals surface area contributed by atoms with E-state index in [4.69, 9.17) is 21.1 Å². The van der Waals surface area contributed by atoms with Crippen LogP contribution in [0.5, 0.6) is 11.5 Å². The third-order valence-electron chi connectivity index (χ3n) is 4.09. The maximum absolute atomic E-state index is 12.1. The number of carbonyl (C=O) groups is 1. The topological polar surface area (TPSA) is 116 Å². The van der Waals surface area contributed by atoms with Gasteiger partial charge in [-0.05, 0) is 41.5 Å². The molecule has 10 heteroatoms. The monoisotopic (exact) mass is 440 g/mol. The molecule has 158 valence electrons. The number of hydrogen-bond donors (Lipinski definition) is 1. The molecule has 0 unspecified atom stereocenters. The molecule has 0 aliphatic carbocycles. The van der Waals surface area contributed by atoms with Gasteiger partial charge >= 0.3 is 0 Å². The quantitative estimate of drug-likeness (QED) is 0.245. The van der Waals surface area contributed by atoms with Crippen LogP contribution in [0.4, 0.5) is 5.69 Å². The number of rotatable bonds is 8. The molecule has 3 rings (SSSR count). The Balaban J connectivity index is 1.65. The number of methoxy groups -OCH3 is 1. The molecule has 0 saturated heterocycles. The number of nitrogens with zero attached hydrogens (tertiary/aromatic N) is 3. The zero-order chi connectivity index (χ0) is 22.2. The lowest BCUT2D eigenvalue weighted by Crippen LogP contribution is -2.18. The zero-order valence-corrected chi connectivity index (χ0v) is 17.1. The number of ether oxygens (including phenoxy) is 2. The van der Waals surface area contributed by atoms with E-state index in [0.717, 1.165) is 0 Å². The zero-order valence-electron chi connectivity index (χ0n) is 16.3. The van der Waals surface area contributed by atoms with Gasteiger partial charge in [-0.15, -0.1) is 0 Å². The highest BCUT2D eigenvalue weighted by atomic mass is 35.5. The van der Waals surface area contributed by atoms with Crippen molar-refractivity contribution in [2.24, 2.45) is 5.10 Å². The second-order valence-corrected chi connectivity index (χ2v) is 6.52. The predicted molar refractivity (Wildman–Crippen MR) is 115 cm³/mol. The predicted octanol–water partition coefficient (Wildman–Crippen LogP) is 3.99. The van der Waals surface area contributed by atoms with Crippen LogP contribution in [0.25, 0.3) is 0 Å². The van der Waals surface area contributed by atoms with Gasteiger partial charge in [-0.1, -0.05) is 23.7 Å². The lowest BCUT2D eigenvalue weighted by molar-refractivity contribution is -0.384. The Morgan fingerprint density at radius 2 is 2.06 bits per heavy atom. The van der Waals surface area contributed by atoms with Crippen molar-refractivity contribution >= 4 is 29.4 Å². The molecular formula is C21H17ClN4O5. The Morgan fingerprint density at radius 3 is 2.81 bits per heavy atom. The van der Waals surface area contributed by atoms with Crippen molar-refractivity contribution in [1.82, 2.24) is 10.4 Å². The SMILES string of the molecule is COc1cc(C=NNC(=O)c2cccnc2Cl)ccc1OCc1cccc([N+](=O)[O-])c1. The summed E-state index contributed by atoms with van der Waals surface area (Å²) >= 11 is 5.88. The highest BCUT2D eigenvalue weighted by molar-refractivity contribution is 6.32. The molecule has 0 aliphatic heterocycles. The third-order valence-corrected chi connectivity index (χ3v) is 4.39. The molecule has 3 aromatic rings. The van der Waals surface area contributed by atoms with E-state index >= 15 is 0 Å². The number of nitro groups is 1. The summed E-state index contributed by atoms with van der Waals surface area (Å²) in [5, 5.41) is 14.9. The van der Waals surface area contributed by atoms with E-state index in [1.807, 2.05) is 0 Å². The lowest BCUT2D eigenvalue weighted by Gasteiger charge is -2.11. The maximum atomic E-state index is 12.1. The van der Waals surface area contributed by atoms with Gasteiger partial charge in [-0.25, -0.2) is 10.4 Å². The Labute approximate surface area is 182 Å². The summed E-state index contributed by atoms with van der Waals surface area (Å²) in [5.74, 6) is 0.409. The van der Waals surface area contributed by atoms with Crippen molar-refractivity contribution in [3.63, 3.8) is 0 Å². The first kappa shape index (κ1) is 21.7. The first-order chi connectivity index (χ1) is 15.0. The molecule has 0 saturated carbocycles. The first-order valence-electron chi connectivity index (χ1n) is 8.96. The van der Waals surface area contributed by atoms with Gasteiger partial charge in [0, 0.05) is 18.3 Å². The van der Waals surface area contributed by atoms with Crippen LogP contribution in [0.15, 0.2) is 65.9 Å². The molecule has 0 bridgehead atoms.